The van der Waals surface area contributed by atoms with E-state index >= 15 is 0 Å². The van der Waals surface area contributed by atoms with Crippen LogP contribution in [0.1, 0.15) is 40.0 Å². The minimum absolute atomic E-state index is 0. The molecule has 0 saturated heterocycles. The Morgan fingerprint density at radius 1 is 1.24 bits per heavy atom. The first kappa shape index (κ1) is 20.2. The zero-order chi connectivity index (χ0) is 14.6. The third-order valence-corrected chi connectivity index (χ3v) is 3.42. The summed E-state index contributed by atoms with van der Waals surface area (Å²) in [6, 6.07) is 1.95. The molecule has 0 spiro atoms. The van der Waals surface area contributed by atoms with Gasteiger partial charge in [-0.05, 0) is 25.3 Å². The molecule has 2 N–H and O–H groups in total. The number of hydrogen-bond acceptors (Lipinski definition) is 2. The Kier molecular flexibility index (Phi) is 12.4. The molecule has 0 radical (unpaired) electrons. The van der Waals surface area contributed by atoms with Crippen LogP contribution >= 0.6 is 24.0 Å². The molecule has 6 heteroatoms. The van der Waals surface area contributed by atoms with Crippen LogP contribution in [0.15, 0.2) is 23.5 Å². The Morgan fingerprint density at radius 3 is 2.57 bits per heavy atom. The Labute approximate surface area is 146 Å². The number of guanidine groups is 1. The van der Waals surface area contributed by atoms with Gasteiger partial charge in [0.25, 0.3) is 0 Å². The maximum atomic E-state index is 4.66. The molecule has 1 aromatic heterocycles. The van der Waals surface area contributed by atoms with E-state index < -0.39 is 0 Å². The molecule has 1 aromatic rings. The van der Waals surface area contributed by atoms with Gasteiger partial charge in [0.2, 0.25) is 0 Å². The van der Waals surface area contributed by atoms with Crippen molar-refractivity contribution in [2.24, 2.45) is 10.9 Å². The van der Waals surface area contributed by atoms with Crippen LogP contribution in [-0.4, -0.2) is 35.4 Å². The fourth-order valence-electron chi connectivity index (χ4n) is 1.99. The summed E-state index contributed by atoms with van der Waals surface area (Å²) in [7, 11) is 0. The Balaban J connectivity index is 0.00000400. The molecule has 0 fully saturated rings. The molecule has 122 valence electrons. The molecule has 1 rings (SSSR count). The summed E-state index contributed by atoms with van der Waals surface area (Å²) in [6.45, 7) is 10.2. The summed E-state index contributed by atoms with van der Waals surface area (Å²) in [4.78, 5) is 4.66. The second-order valence-electron chi connectivity index (χ2n) is 4.95. The minimum atomic E-state index is 0. The number of nitrogens with one attached hydrogen (secondary N) is 2. The van der Waals surface area contributed by atoms with E-state index in [9.17, 15) is 0 Å². The van der Waals surface area contributed by atoms with Gasteiger partial charge in [0.1, 0.15) is 0 Å². The van der Waals surface area contributed by atoms with E-state index in [4.69, 9.17) is 0 Å². The lowest BCUT2D eigenvalue weighted by atomic mass is 10.0. The summed E-state index contributed by atoms with van der Waals surface area (Å²) in [5.41, 5.74) is 0. The van der Waals surface area contributed by atoms with Gasteiger partial charge in [-0.25, -0.2) is 0 Å². The number of hydrogen-bond donors (Lipinski definition) is 2. The maximum Gasteiger partial charge on any atom is 0.191 e. The van der Waals surface area contributed by atoms with Crippen LogP contribution in [0.5, 0.6) is 0 Å². The first-order valence-corrected chi connectivity index (χ1v) is 7.79. The standard InChI is InChI=1S/C15H29N5.HI/c1-4-14(5-2)13-18-15(16-6-3)17-9-7-11-20-12-8-10-19-20;/h8,10,12,14H,4-7,9,11,13H2,1-3H3,(H2,16,17,18);1H. The van der Waals surface area contributed by atoms with Gasteiger partial charge in [-0.3, -0.25) is 9.67 Å². The summed E-state index contributed by atoms with van der Waals surface area (Å²) in [5, 5.41) is 10.9. The molecule has 5 nitrogen and oxygen atoms in total. The van der Waals surface area contributed by atoms with E-state index in [1.54, 1.807) is 0 Å². The van der Waals surface area contributed by atoms with E-state index in [1.165, 1.54) is 12.8 Å². The van der Waals surface area contributed by atoms with Crippen LogP contribution in [-0.2, 0) is 6.54 Å². The molecular weight excluding hydrogens is 377 g/mol. The van der Waals surface area contributed by atoms with Gasteiger partial charge >= 0.3 is 0 Å². The van der Waals surface area contributed by atoms with Crippen molar-refractivity contribution in [1.82, 2.24) is 20.4 Å². The quantitative estimate of drug-likeness (QED) is 0.287. The minimum Gasteiger partial charge on any atom is -0.357 e. The summed E-state index contributed by atoms with van der Waals surface area (Å²) >= 11 is 0. The number of nitrogens with zero attached hydrogens (tertiary/aromatic N) is 3. The summed E-state index contributed by atoms with van der Waals surface area (Å²) < 4.78 is 1.95. The van der Waals surface area contributed by atoms with E-state index in [0.717, 1.165) is 38.6 Å². The van der Waals surface area contributed by atoms with Crippen molar-refractivity contribution in [3.8, 4) is 0 Å². The second-order valence-corrected chi connectivity index (χ2v) is 4.95. The lowest BCUT2D eigenvalue weighted by Crippen LogP contribution is -2.38. The molecule has 21 heavy (non-hydrogen) atoms. The van der Waals surface area contributed by atoms with Gasteiger partial charge in [-0.2, -0.15) is 5.10 Å². The Hall–Kier alpha value is -0.790. The molecule has 1 heterocycles. The van der Waals surface area contributed by atoms with Crippen molar-refractivity contribution < 1.29 is 0 Å². The average Bonchev–Trinajstić information content (AvgIpc) is 2.97. The second kappa shape index (κ2) is 12.9. The third-order valence-electron chi connectivity index (χ3n) is 3.42. The van der Waals surface area contributed by atoms with Crippen molar-refractivity contribution in [1.29, 1.82) is 0 Å². The molecule has 0 atom stereocenters. The first-order valence-electron chi connectivity index (χ1n) is 7.79. The molecule has 0 amide bonds. The molecule has 0 bridgehead atoms. The summed E-state index contributed by atoms with van der Waals surface area (Å²) in [5.74, 6) is 1.62. The van der Waals surface area contributed by atoms with Gasteiger partial charge < -0.3 is 10.6 Å². The Morgan fingerprint density at radius 2 is 2.00 bits per heavy atom. The van der Waals surface area contributed by atoms with Gasteiger partial charge in [0, 0.05) is 38.6 Å². The van der Waals surface area contributed by atoms with Crippen molar-refractivity contribution in [2.45, 2.75) is 46.6 Å². The number of aliphatic imine (C=N–C) groups is 1. The molecule has 0 aliphatic heterocycles. The monoisotopic (exact) mass is 407 g/mol. The van der Waals surface area contributed by atoms with Crippen molar-refractivity contribution in [3.63, 3.8) is 0 Å². The van der Waals surface area contributed by atoms with Crippen LogP contribution in [0.25, 0.3) is 0 Å². The zero-order valence-corrected chi connectivity index (χ0v) is 15.8. The SMILES string of the molecule is CCNC(=NCC(CC)CC)NCCCn1cccn1.I. The van der Waals surface area contributed by atoms with Crippen LogP contribution in [0.3, 0.4) is 0 Å². The smallest absolute Gasteiger partial charge is 0.191 e. The molecule has 0 saturated carbocycles. The number of aryl methyl sites for hydroxylation is 1. The predicted molar refractivity (Wildman–Crippen MR) is 100 cm³/mol. The van der Waals surface area contributed by atoms with Crippen molar-refractivity contribution >= 4 is 29.9 Å². The zero-order valence-electron chi connectivity index (χ0n) is 13.5. The van der Waals surface area contributed by atoms with Crippen LogP contribution < -0.4 is 10.6 Å². The van der Waals surface area contributed by atoms with Crippen LogP contribution in [0, 0.1) is 5.92 Å². The predicted octanol–water partition coefficient (Wildman–Crippen LogP) is 2.88. The fraction of sp³-hybridized carbons (Fsp3) is 0.733. The molecule has 0 unspecified atom stereocenters. The highest BCUT2D eigenvalue weighted by Crippen LogP contribution is 2.06. The maximum absolute atomic E-state index is 4.66. The van der Waals surface area contributed by atoms with Crippen molar-refractivity contribution in [2.75, 3.05) is 19.6 Å². The average molecular weight is 407 g/mol. The van der Waals surface area contributed by atoms with Gasteiger partial charge in [-0.15, -0.1) is 24.0 Å². The van der Waals surface area contributed by atoms with Crippen LogP contribution in [0.2, 0.25) is 0 Å². The Bertz CT molecular complexity index is 360. The molecule has 0 aliphatic carbocycles. The lowest BCUT2D eigenvalue weighted by molar-refractivity contribution is 0.503. The highest BCUT2D eigenvalue weighted by atomic mass is 127. The molecular formula is C15H30IN5. The van der Waals surface area contributed by atoms with Gasteiger partial charge in [0.05, 0.1) is 0 Å². The van der Waals surface area contributed by atoms with Gasteiger partial charge in [-0.1, -0.05) is 26.7 Å². The normalized spacial score (nSPS) is 11.3. The topological polar surface area (TPSA) is 54.2 Å². The number of halogens is 1. The molecule has 0 aliphatic rings. The summed E-state index contributed by atoms with van der Waals surface area (Å²) in [6.07, 6.45) is 7.23. The highest BCUT2D eigenvalue weighted by molar-refractivity contribution is 14.0. The highest BCUT2D eigenvalue weighted by Gasteiger charge is 2.03. The van der Waals surface area contributed by atoms with Crippen LogP contribution in [0.4, 0.5) is 0 Å². The van der Waals surface area contributed by atoms with Gasteiger partial charge in [0.15, 0.2) is 5.96 Å². The fourth-order valence-corrected chi connectivity index (χ4v) is 1.99. The third kappa shape index (κ3) is 8.95. The largest absolute Gasteiger partial charge is 0.357 e. The van der Waals surface area contributed by atoms with E-state index in [1.807, 2.05) is 23.1 Å². The van der Waals surface area contributed by atoms with E-state index in [0.29, 0.717) is 5.92 Å². The van der Waals surface area contributed by atoms with Crippen molar-refractivity contribution in [3.05, 3.63) is 18.5 Å². The first-order chi connectivity index (χ1) is 9.80. The lowest BCUT2D eigenvalue weighted by Gasteiger charge is -2.14. The molecule has 0 aromatic carbocycles. The number of aromatic nitrogens is 2. The van der Waals surface area contributed by atoms with E-state index in [2.05, 4.69) is 41.5 Å². The van der Waals surface area contributed by atoms with E-state index in [-0.39, 0.29) is 24.0 Å². The number of rotatable bonds is 9.